The molecule has 0 radical (unpaired) electrons. The fourth-order valence-electron chi connectivity index (χ4n) is 0.430. The minimum absolute atomic E-state index is 0.0564. The average molecular weight is 152 g/mol. The van der Waals surface area contributed by atoms with Crippen LogP contribution in [0.25, 0.3) is 0 Å². The molecule has 0 aromatic carbocycles. The number of aliphatic hydroxyl groups excluding tert-OH is 1. The highest BCUT2D eigenvalue weighted by molar-refractivity contribution is 5.11. The molecular formula is C8H12N2O. The fraction of sp³-hybridized carbons (Fsp3) is 0.625. The number of hydrogen-bond donors (Lipinski definition) is 2. The third kappa shape index (κ3) is 5.42. The lowest BCUT2D eigenvalue weighted by Crippen LogP contribution is -2.33. The van der Waals surface area contributed by atoms with E-state index in [0.717, 1.165) is 0 Å². The van der Waals surface area contributed by atoms with E-state index in [4.69, 9.17) is 16.1 Å². The van der Waals surface area contributed by atoms with Gasteiger partial charge in [0.15, 0.2) is 0 Å². The van der Waals surface area contributed by atoms with E-state index in [1.165, 1.54) is 0 Å². The van der Waals surface area contributed by atoms with Crippen molar-refractivity contribution in [2.75, 3.05) is 6.61 Å². The van der Waals surface area contributed by atoms with E-state index in [0.29, 0.717) is 12.8 Å². The molecule has 60 valence electrons. The van der Waals surface area contributed by atoms with Gasteiger partial charge >= 0.3 is 0 Å². The maximum atomic E-state index is 8.46. The third-order valence-electron chi connectivity index (χ3n) is 1.07. The largest absolute Gasteiger partial charge is 0.395 e. The monoisotopic (exact) mass is 152 g/mol. The van der Waals surface area contributed by atoms with Crippen molar-refractivity contribution in [1.29, 1.82) is 5.26 Å². The van der Waals surface area contributed by atoms with Crippen LogP contribution in [-0.2, 0) is 0 Å². The maximum Gasteiger partial charge on any atom is 0.112 e. The Kier molecular flexibility index (Phi) is 4.29. The van der Waals surface area contributed by atoms with E-state index in [-0.39, 0.29) is 6.61 Å². The van der Waals surface area contributed by atoms with E-state index in [2.05, 4.69) is 11.8 Å². The summed E-state index contributed by atoms with van der Waals surface area (Å²) < 4.78 is 0. The highest BCUT2D eigenvalue weighted by atomic mass is 16.2. The van der Waals surface area contributed by atoms with Crippen LogP contribution in [0.15, 0.2) is 0 Å². The number of nitrogens with two attached hydrogens (primary N) is 1. The fourth-order valence-corrected chi connectivity index (χ4v) is 0.430. The summed E-state index contributed by atoms with van der Waals surface area (Å²) >= 11 is 0. The molecule has 3 nitrogen and oxygen atoms in total. The van der Waals surface area contributed by atoms with Gasteiger partial charge in [0.1, 0.15) is 5.54 Å². The molecule has 0 aromatic rings. The van der Waals surface area contributed by atoms with Gasteiger partial charge in [-0.3, -0.25) is 0 Å². The van der Waals surface area contributed by atoms with Gasteiger partial charge in [-0.05, 0) is 6.92 Å². The van der Waals surface area contributed by atoms with Crippen molar-refractivity contribution >= 4 is 0 Å². The Bertz CT molecular complexity index is 204. The lowest BCUT2D eigenvalue weighted by molar-refractivity contribution is 0.305. The molecule has 0 saturated heterocycles. The lowest BCUT2D eigenvalue weighted by Gasteiger charge is -2.08. The van der Waals surface area contributed by atoms with Crippen molar-refractivity contribution in [3.63, 3.8) is 0 Å². The topological polar surface area (TPSA) is 70.0 Å². The molecule has 3 heteroatoms. The summed E-state index contributed by atoms with van der Waals surface area (Å²) in [4.78, 5) is 0. The van der Waals surface area contributed by atoms with Crippen molar-refractivity contribution < 1.29 is 5.11 Å². The van der Waals surface area contributed by atoms with Crippen LogP contribution in [0.1, 0.15) is 19.8 Å². The van der Waals surface area contributed by atoms with Crippen LogP contribution in [0.3, 0.4) is 0 Å². The molecule has 0 bridgehead atoms. The normalized spacial score (nSPS) is 14.0. The van der Waals surface area contributed by atoms with Crippen molar-refractivity contribution in [3.8, 4) is 17.9 Å². The number of rotatable bonds is 2. The molecule has 1 unspecified atom stereocenters. The molecule has 0 saturated carbocycles. The molecule has 0 aliphatic heterocycles. The SMILES string of the molecule is CC(N)(C#N)CC#CCCO. The molecule has 11 heavy (non-hydrogen) atoms. The Morgan fingerprint density at radius 1 is 1.55 bits per heavy atom. The van der Waals surface area contributed by atoms with Gasteiger partial charge in [-0.25, -0.2) is 0 Å². The smallest absolute Gasteiger partial charge is 0.112 e. The van der Waals surface area contributed by atoms with Crippen LogP contribution in [0.4, 0.5) is 0 Å². The molecule has 0 rings (SSSR count). The average Bonchev–Trinajstić information content (AvgIpc) is 1.99. The molecule has 0 aliphatic rings. The number of nitriles is 1. The Balaban J connectivity index is 3.73. The van der Waals surface area contributed by atoms with Gasteiger partial charge in [-0.2, -0.15) is 5.26 Å². The van der Waals surface area contributed by atoms with Gasteiger partial charge in [0, 0.05) is 12.8 Å². The van der Waals surface area contributed by atoms with E-state index >= 15 is 0 Å². The van der Waals surface area contributed by atoms with Crippen molar-refractivity contribution in [2.24, 2.45) is 5.73 Å². The summed E-state index contributed by atoms with van der Waals surface area (Å²) in [6, 6.07) is 1.93. The van der Waals surface area contributed by atoms with Gasteiger partial charge < -0.3 is 10.8 Å². The van der Waals surface area contributed by atoms with Crippen molar-refractivity contribution in [1.82, 2.24) is 0 Å². The first-order valence-electron chi connectivity index (χ1n) is 3.39. The van der Waals surface area contributed by atoms with Gasteiger partial charge in [-0.15, -0.1) is 11.8 Å². The molecule has 0 fully saturated rings. The first-order valence-corrected chi connectivity index (χ1v) is 3.39. The summed E-state index contributed by atoms with van der Waals surface area (Å²) in [7, 11) is 0. The minimum atomic E-state index is -0.859. The first kappa shape index (κ1) is 9.97. The van der Waals surface area contributed by atoms with Gasteiger partial charge in [0.2, 0.25) is 0 Å². The zero-order chi connectivity index (χ0) is 8.74. The molecule has 1 atom stereocenters. The second-order valence-corrected chi connectivity index (χ2v) is 2.53. The summed E-state index contributed by atoms with van der Waals surface area (Å²) in [5.74, 6) is 5.41. The van der Waals surface area contributed by atoms with E-state index in [1.54, 1.807) is 6.92 Å². The third-order valence-corrected chi connectivity index (χ3v) is 1.07. The quantitative estimate of drug-likeness (QED) is 0.547. The maximum absolute atomic E-state index is 8.46. The molecule has 0 aliphatic carbocycles. The molecule has 3 N–H and O–H groups in total. The van der Waals surface area contributed by atoms with Gasteiger partial charge in [-0.1, -0.05) is 0 Å². The van der Waals surface area contributed by atoms with Crippen LogP contribution < -0.4 is 5.73 Å². The summed E-state index contributed by atoms with van der Waals surface area (Å²) in [6.45, 7) is 1.68. The lowest BCUT2D eigenvalue weighted by atomic mass is 10.0. The zero-order valence-electron chi connectivity index (χ0n) is 6.59. The zero-order valence-corrected chi connectivity index (χ0v) is 6.59. The van der Waals surface area contributed by atoms with E-state index in [9.17, 15) is 0 Å². The Labute approximate surface area is 66.8 Å². The number of aliphatic hydroxyl groups is 1. The Hall–Kier alpha value is -1.03. The predicted molar refractivity (Wildman–Crippen MR) is 42.3 cm³/mol. The predicted octanol–water partition coefficient (Wildman–Crippen LogP) is 0.00328. The van der Waals surface area contributed by atoms with Crippen LogP contribution in [0, 0.1) is 23.2 Å². The van der Waals surface area contributed by atoms with Gasteiger partial charge in [0.05, 0.1) is 12.7 Å². The van der Waals surface area contributed by atoms with Crippen LogP contribution in [0.2, 0.25) is 0 Å². The molecule has 0 heterocycles. The van der Waals surface area contributed by atoms with E-state index < -0.39 is 5.54 Å². The van der Waals surface area contributed by atoms with Crippen molar-refractivity contribution in [2.45, 2.75) is 25.3 Å². The minimum Gasteiger partial charge on any atom is -0.395 e. The summed E-state index contributed by atoms with van der Waals surface area (Å²) in [5.41, 5.74) is 4.61. The number of hydrogen-bond acceptors (Lipinski definition) is 3. The van der Waals surface area contributed by atoms with Crippen molar-refractivity contribution in [3.05, 3.63) is 0 Å². The molecule has 0 aromatic heterocycles. The number of nitrogens with zero attached hydrogens (tertiary/aromatic N) is 1. The highest BCUT2D eigenvalue weighted by Crippen LogP contribution is 2.00. The highest BCUT2D eigenvalue weighted by Gasteiger charge is 2.14. The standard InChI is InChI=1S/C8H12N2O/c1-8(10,7-9)5-3-2-4-6-11/h11H,4-6,10H2,1H3. The van der Waals surface area contributed by atoms with E-state index in [1.807, 2.05) is 6.07 Å². The Morgan fingerprint density at radius 3 is 2.64 bits per heavy atom. The van der Waals surface area contributed by atoms with Gasteiger partial charge in [0.25, 0.3) is 0 Å². The Morgan fingerprint density at radius 2 is 2.18 bits per heavy atom. The van der Waals surface area contributed by atoms with Crippen LogP contribution in [-0.4, -0.2) is 17.3 Å². The molecular weight excluding hydrogens is 140 g/mol. The molecule has 0 spiro atoms. The summed E-state index contributed by atoms with van der Waals surface area (Å²) in [5, 5.41) is 16.8. The molecule has 0 amide bonds. The second-order valence-electron chi connectivity index (χ2n) is 2.53. The first-order chi connectivity index (χ1) is 5.12. The van der Waals surface area contributed by atoms with Crippen LogP contribution >= 0.6 is 0 Å². The van der Waals surface area contributed by atoms with Crippen LogP contribution in [0.5, 0.6) is 0 Å². The second kappa shape index (κ2) is 4.73. The summed E-state index contributed by atoms with van der Waals surface area (Å²) in [6.07, 6.45) is 0.797.